The lowest BCUT2D eigenvalue weighted by molar-refractivity contribution is -0.161. The average molecular weight is 1470 g/mol. The monoisotopic (exact) mass is 1470 g/mol. The maximum Gasteiger partial charge on any atom is 0.472 e. The van der Waals surface area contributed by atoms with Crippen LogP contribution in [-0.4, -0.2) is 96.7 Å². The third kappa shape index (κ3) is 74.3. The Balaban J connectivity index is 5.14. The van der Waals surface area contributed by atoms with E-state index < -0.39 is 97.5 Å². The Morgan fingerprint density at radius 1 is 0.240 bits per heavy atom. The van der Waals surface area contributed by atoms with Gasteiger partial charge >= 0.3 is 39.5 Å². The first-order chi connectivity index (χ1) is 48.7. The van der Waals surface area contributed by atoms with Crippen LogP contribution in [0.15, 0.2) is 0 Å². The topological polar surface area (TPSA) is 237 Å². The minimum absolute atomic E-state index is 0.108. The van der Waals surface area contributed by atoms with E-state index in [4.69, 9.17) is 37.0 Å². The van der Waals surface area contributed by atoms with Crippen molar-refractivity contribution in [3.63, 3.8) is 0 Å². The Bertz CT molecular complexity index is 1890. The molecule has 0 spiro atoms. The summed E-state index contributed by atoms with van der Waals surface area (Å²) in [4.78, 5) is 72.8. The number of carbonyl (C=O) groups excluding carboxylic acids is 4. The van der Waals surface area contributed by atoms with Gasteiger partial charge in [0.25, 0.3) is 0 Å². The van der Waals surface area contributed by atoms with Gasteiger partial charge in [0.05, 0.1) is 26.4 Å². The molecule has 5 atom stereocenters. The molecule has 0 aliphatic carbocycles. The molecule has 0 saturated carbocycles. The molecule has 0 saturated heterocycles. The number of phosphoric acid groups is 2. The van der Waals surface area contributed by atoms with Crippen LogP contribution in [0.3, 0.4) is 0 Å². The Morgan fingerprint density at radius 3 is 0.590 bits per heavy atom. The summed E-state index contributed by atoms with van der Waals surface area (Å²) in [6, 6.07) is 0. The minimum Gasteiger partial charge on any atom is -0.462 e. The maximum absolute atomic E-state index is 13.1. The zero-order valence-corrected chi connectivity index (χ0v) is 67.0. The van der Waals surface area contributed by atoms with E-state index in [1.807, 2.05) is 0 Å². The van der Waals surface area contributed by atoms with Crippen molar-refractivity contribution in [2.45, 2.75) is 457 Å². The van der Waals surface area contributed by atoms with Crippen molar-refractivity contribution in [3.05, 3.63) is 0 Å². The molecular formula is C81H158O17P2. The first-order valence-electron chi connectivity index (χ1n) is 42.3. The smallest absolute Gasteiger partial charge is 0.462 e. The molecule has 100 heavy (non-hydrogen) atoms. The standard InChI is InChI=1S/C81H158O17P2/c1-5-9-13-17-21-24-27-30-32-34-36-37-38-40-42-44-46-49-52-56-60-64-68-81(86)98-77(72-92-79(84)66-62-58-54-50-48-45-43-41-39-35-33-31-28-25-22-18-14-10-6-2)74-96-100(89,90)94-70-75(82)69-93-99(87,88)95-73-76(71-91-78(83)65-61-57-53-20-16-12-8-4)97-80(85)67-63-59-55-51-47-29-26-23-19-15-11-7-3/h75-77,82H,5-74H2,1-4H3,(H,87,88)(H,89,90)/t75-,76+,77+/m0/s1. The Hall–Kier alpha value is -1.94. The number of esters is 4. The summed E-state index contributed by atoms with van der Waals surface area (Å²) in [6.45, 7) is 4.97. The molecule has 0 aliphatic heterocycles. The van der Waals surface area contributed by atoms with E-state index in [0.29, 0.717) is 25.7 Å². The number of ether oxygens (including phenoxy) is 4. The molecule has 0 rings (SSSR count). The van der Waals surface area contributed by atoms with Crippen LogP contribution in [0.2, 0.25) is 0 Å². The zero-order chi connectivity index (χ0) is 73.2. The van der Waals surface area contributed by atoms with E-state index in [1.54, 1.807) is 0 Å². The zero-order valence-electron chi connectivity index (χ0n) is 65.2. The van der Waals surface area contributed by atoms with Gasteiger partial charge in [-0.25, -0.2) is 9.13 Å². The van der Waals surface area contributed by atoms with Crippen LogP contribution in [0.4, 0.5) is 0 Å². The highest BCUT2D eigenvalue weighted by atomic mass is 31.2. The van der Waals surface area contributed by atoms with Crippen molar-refractivity contribution in [1.29, 1.82) is 0 Å². The lowest BCUT2D eigenvalue weighted by Crippen LogP contribution is -2.30. The SMILES string of the molecule is CCCCCCCCCCCCCCCCCCCCCCCCC(=O)O[C@H](COC(=O)CCCCCCCCCCCCCCCCCCCCC)COP(=O)(O)OC[C@@H](O)COP(=O)(O)OC[C@@H](COC(=O)CCCCCCCCC)OC(=O)CCCCCCCCCCCCCC. The Kier molecular flexibility index (Phi) is 73.8. The van der Waals surface area contributed by atoms with Crippen molar-refractivity contribution in [2.75, 3.05) is 39.6 Å². The summed E-state index contributed by atoms with van der Waals surface area (Å²) in [5, 5.41) is 10.6. The van der Waals surface area contributed by atoms with Crippen molar-refractivity contribution >= 4 is 39.5 Å². The molecular weight excluding hydrogens is 1310 g/mol. The fourth-order valence-corrected chi connectivity index (χ4v) is 14.2. The average Bonchev–Trinajstić information content (AvgIpc) is 0.959. The molecule has 594 valence electrons. The van der Waals surface area contributed by atoms with Crippen LogP contribution in [0.5, 0.6) is 0 Å². The van der Waals surface area contributed by atoms with Crippen molar-refractivity contribution in [3.8, 4) is 0 Å². The second-order valence-corrected chi connectivity index (χ2v) is 32.1. The number of hydrogen-bond donors (Lipinski definition) is 3. The van der Waals surface area contributed by atoms with Gasteiger partial charge in [0, 0.05) is 25.7 Å². The van der Waals surface area contributed by atoms with E-state index >= 15 is 0 Å². The molecule has 19 heteroatoms. The molecule has 0 bridgehead atoms. The fraction of sp³-hybridized carbons (Fsp3) is 0.951. The highest BCUT2D eigenvalue weighted by Crippen LogP contribution is 2.45. The molecule has 0 aromatic carbocycles. The minimum atomic E-state index is -4.96. The first kappa shape index (κ1) is 98.1. The normalized spacial score (nSPS) is 13.8. The number of aliphatic hydroxyl groups is 1. The number of aliphatic hydroxyl groups excluding tert-OH is 1. The van der Waals surface area contributed by atoms with Crippen LogP contribution >= 0.6 is 15.6 Å². The molecule has 3 N–H and O–H groups in total. The van der Waals surface area contributed by atoms with Gasteiger partial charge in [0.1, 0.15) is 19.3 Å². The lowest BCUT2D eigenvalue weighted by atomic mass is 10.0. The molecule has 0 amide bonds. The van der Waals surface area contributed by atoms with Crippen molar-refractivity contribution in [2.24, 2.45) is 0 Å². The van der Waals surface area contributed by atoms with E-state index in [1.165, 1.54) is 257 Å². The highest BCUT2D eigenvalue weighted by Gasteiger charge is 2.30. The maximum atomic E-state index is 13.1. The van der Waals surface area contributed by atoms with Gasteiger partial charge in [0.2, 0.25) is 0 Å². The van der Waals surface area contributed by atoms with Crippen LogP contribution in [0.25, 0.3) is 0 Å². The summed E-state index contributed by atoms with van der Waals surface area (Å²) in [5.41, 5.74) is 0. The van der Waals surface area contributed by atoms with Crippen molar-refractivity contribution < 1.29 is 80.2 Å². The van der Waals surface area contributed by atoms with E-state index in [2.05, 4.69) is 27.7 Å². The van der Waals surface area contributed by atoms with E-state index in [9.17, 15) is 43.2 Å². The predicted molar refractivity (Wildman–Crippen MR) is 409 cm³/mol. The number of carbonyl (C=O) groups is 4. The van der Waals surface area contributed by atoms with Gasteiger partial charge in [0.15, 0.2) is 12.2 Å². The molecule has 17 nitrogen and oxygen atoms in total. The summed E-state index contributed by atoms with van der Waals surface area (Å²) in [5.74, 6) is -2.11. The van der Waals surface area contributed by atoms with E-state index in [-0.39, 0.29) is 25.7 Å². The van der Waals surface area contributed by atoms with Crippen molar-refractivity contribution in [1.82, 2.24) is 0 Å². The molecule has 2 unspecified atom stereocenters. The van der Waals surface area contributed by atoms with Gasteiger partial charge in [-0.2, -0.15) is 0 Å². The largest absolute Gasteiger partial charge is 0.472 e. The van der Waals surface area contributed by atoms with Crippen LogP contribution in [0.1, 0.15) is 439 Å². The second-order valence-electron chi connectivity index (χ2n) is 29.2. The van der Waals surface area contributed by atoms with E-state index in [0.717, 1.165) is 103 Å². The fourth-order valence-electron chi connectivity index (χ4n) is 12.6. The third-order valence-electron chi connectivity index (χ3n) is 19.1. The Morgan fingerprint density at radius 2 is 0.400 bits per heavy atom. The Labute approximate surface area is 613 Å². The molecule has 0 aliphatic rings. The summed E-state index contributed by atoms with van der Waals surface area (Å²) >= 11 is 0. The quantitative estimate of drug-likeness (QED) is 0.0222. The molecule has 0 aromatic heterocycles. The van der Waals surface area contributed by atoms with Gasteiger partial charge in [-0.3, -0.25) is 37.3 Å². The number of phosphoric ester groups is 2. The van der Waals surface area contributed by atoms with Gasteiger partial charge in [-0.15, -0.1) is 0 Å². The summed E-state index contributed by atoms with van der Waals surface area (Å²) < 4.78 is 68.6. The van der Waals surface area contributed by atoms with Crippen LogP contribution < -0.4 is 0 Å². The lowest BCUT2D eigenvalue weighted by Gasteiger charge is -2.21. The highest BCUT2D eigenvalue weighted by molar-refractivity contribution is 7.47. The summed E-state index contributed by atoms with van der Waals surface area (Å²) in [7, 11) is -9.91. The van der Waals surface area contributed by atoms with Gasteiger partial charge in [-0.1, -0.05) is 387 Å². The van der Waals surface area contributed by atoms with Crippen LogP contribution in [0, 0.1) is 0 Å². The number of rotatable bonds is 82. The first-order valence-corrected chi connectivity index (χ1v) is 45.3. The second kappa shape index (κ2) is 75.3. The van der Waals surface area contributed by atoms with Gasteiger partial charge < -0.3 is 33.8 Å². The van der Waals surface area contributed by atoms with Crippen LogP contribution in [-0.2, 0) is 65.4 Å². The molecule has 0 heterocycles. The molecule has 0 radical (unpaired) electrons. The number of hydrogen-bond acceptors (Lipinski definition) is 15. The summed E-state index contributed by atoms with van der Waals surface area (Å²) in [6.07, 6.45) is 68.3. The predicted octanol–water partition coefficient (Wildman–Crippen LogP) is 24.6. The molecule has 0 fully saturated rings. The van der Waals surface area contributed by atoms with Gasteiger partial charge in [-0.05, 0) is 25.7 Å². The third-order valence-corrected chi connectivity index (χ3v) is 21.0. The number of unbranched alkanes of at least 4 members (excludes halogenated alkanes) is 56. The molecule has 0 aromatic rings.